The maximum absolute atomic E-state index is 12.4. The smallest absolute Gasteiger partial charge is 0.315 e. The van der Waals surface area contributed by atoms with E-state index in [1.807, 2.05) is 67.1 Å². The molecule has 3 aromatic rings. The molecule has 7 nitrogen and oxygen atoms in total. The third-order valence-electron chi connectivity index (χ3n) is 4.90. The van der Waals surface area contributed by atoms with E-state index < -0.39 is 5.97 Å². The topological polar surface area (TPSA) is 96.2 Å². The van der Waals surface area contributed by atoms with Gasteiger partial charge < -0.3 is 20.3 Å². The summed E-state index contributed by atoms with van der Waals surface area (Å²) in [5.41, 5.74) is 4.09. The molecule has 0 radical (unpaired) electrons. The molecule has 0 fully saturated rings. The molecule has 29 heavy (non-hydrogen) atoms. The number of imidazole rings is 1. The largest absolute Gasteiger partial charge is 0.481 e. The van der Waals surface area contributed by atoms with E-state index in [1.165, 1.54) is 0 Å². The molecule has 7 heteroatoms. The van der Waals surface area contributed by atoms with Crippen molar-refractivity contribution in [1.82, 2.24) is 20.2 Å². The molecule has 1 aromatic heterocycles. The van der Waals surface area contributed by atoms with Crippen LogP contribution in [0.1, 0.15) is 29.8 Å². The number of aryl methyl sites for hydroxylation is 2. The number of carboxylic acid groups (broad SMARTS) is 1. The normalized spacial score (nSPS) is 11.9. The average Bonchev–Trinajstić information content (AvgIpc) is 3.00. The molecule has 0 saturated carbocycles. The number of hydrogen-bond donors (Lipinski definition) is 3. The van der Waals surface area contributed by atoms with Gasteiger partial charge in [0.2, 0.25) is 0 Å². The molecular formula is C22H26N4O3. The molecule has 0 aliphatic rings. The summed E-state index contributed by atoms with van der Waals surface area (Å²) >= 11 is 0. The number of aliphatic carboxylic acids is 1. The van der Waals surface area contributed by atoms with Gasteiger partial charge in [0.25, 0.3) is 0 Å². The Bertz CT molecular complexity index is 998. The zero-order chi connectivity index (χ0) is 20.8. The minimum absolute atomic E-state index is 0.00187. The zero-order valence-electron chi connectivity index (χ0n) is 16.7. The van der Waals surface area contributed by atoms with Gasteiger partial charge in [0, 0.05) is 19.5 Å². The molecule has 0 bridgehead atoms. The van der Waals surface area contributed by atoms with E-state index in [1.54, 1.807) is 0 Å². The minimum atomic E-state index is -0.875. The first-order chi connectivity index (χ1) is 13.9. The number of fused-ring (bicyclic) bond motifs is 1. The lowest BCUT2D eigenvalue weighted by atomic mass is 10.0. The summed E-state index contributed by atoms with van der Waals surface area (Å²) in [6.45, 7) is 2.30. The van der Waals surface area contributed by atoms with Crippen LogP contribution in [0.3, 0.4) is 0 Å². The predicted octanol–water partition coefficient (Wildman–Crippen LogP) is 3.16. The number of nitrogens with one attached hydrogen (secondary N) is 2. The molecule has 0 spiro atoms. The van der Waals surface area contributed by atoms with Gasteiger partial charge in [0.15, 0.2) is 0 Å². The fourth-order valence-corrected chi connectivity index (χ4v) is 3.34. The number of carboxylic acids is 1. The van der Waals surface area contributed by atoms with Crippen LogP contribution in [0.15, 0.2) is 48.5 Å². The third kappa shape index (κ3) is 5.57. The first-order valence-corrected chi connectivity index (χ1v) is 9.64. The highest BCUT2D eigenvalue weighted by Gasteiger charge is 2.16. The molecule has 2 amide bonds. The fraction of sp³-hybridized carbons (Fsp3) is 0.318. The number of carbonyl (C=O) groups excluding carboxylic acids is 1. The van der Waals surface area contributed by atoms with E-state index >= 15 is 0 Å². The number of carbonyl (C=O) groups is 2. The summed E-state index contributed by atoms with van der Waals surface area (Å²) in [4.78, 5) is 28.0. The molecule has 1 heterocycles. The molecule has 1 atom stereocenters. The lowest BCUT2D eigenvalue weighted by Gasteiger charge is -2.18. The standard InChI is InChI=1S/C22H26N4O3/c1-15-8-10-19-18(12-15)25-20(26(19)2)14-23-22(29)24-17(9-11-21(27)28)13-16-6-4-3-5-7-16/h3-8,10,12,17H,9,11,13-14H2,1-2H3,(H,27,28)(H2,23,24,29). The minimum Gasteiger partial charge on any atom is -0.481 e. The van der Waals surface area contributed by atoms with Crippen LogP contribution in [-0.2, 0) is 24.8 Å². The average molecular weight is 394 g/mol. The maximum Gasteiger partial charge on any atom is 0.315 e. The Labute approximate surface area is 169 Å². The third-order valence-corrected chi connectivity index (χ3v) is 4.90. The van der Waals surface area contributed by atoms with Gasteiger partial charge in [-0.3, -0.25) is 4.79 Å². The van der Waals surface area contributed by atoms with Crippen LogP contribution in [0.25, 0.3) is 11.0 Å². The van der Waals surface area contributed by atoms with Crippen LogP contribution in [-0.4, -0.2) is 32.7 Å². The monoisotopic (exact) mass is 394 g/mol. The second-order valence-electron chi connectivity index (χ2n) is 7.23. The molecular weight excluding hydrogens is 368 g/mol. The van der Waals surface area contributed by atoms with E-state index in [0.29, 0.717) is 12.8 Å². The summed E-state index contributed by atoms with van der Waals surface area (Å²) in [7, 11) is 1.92. The number of rotatable bonds is 8. The summed E-state index contributed by atoms with van der Waals surface area (Å²) in [6, 6.07) is 15.2. The van der Waals surface area contributed by atoms with Crippen molar-refractivity contribution in [2.45, 2.75) is 38.8 Å². The van der Waals surface area contributed by atoms with Gasteiger partial charge in [-0.25, -0.2) is 9.78 Å². The Hall–Kier alpha value is -3.35. The van der Waals surface area contributed by atoms with Crippen LogP contribution in [0.2, 0.25) is 0 Å². The van der Waals surface area contributed by atoms with Crippen LogP contribution in [0.4, 0.5) is 4.79 Å². The van der Waals surface area contributed by atoms with E-state index in [0.717, 1.165) is 28.0 Å². The molecule has 3 N–H and O–H groups in total. The summed E-state index contributed by atoms with van der Waals surface area (Å²) in [6.07, 6.45) is 0.943. The number of nitrogens with zero attached hydrogens (tertiary/aromatic N) is 2. The Morgan fingerprint density at radius 2 is 1.93 bits per heavy atom. The molecule has 1 unspecified atom stereocenters. The molecule has 0 saturated heterocycles. The van der Waals surface area contributed by atoms with Gasteiger partial charge in [-0.15, -0.1) is 0 Å². The lowest BCUT2D eigenvalue weighted by molar-refractivity contribution is -0.137. The lowest BCUT2D eigenvalue weighted by Crippen LogP contribution is -2.43. The van der Waals surface area contributed by atoms with Gasteiger partial charge in [-0.1, -0.05) is 36.4 Å². The first kappa shape index (κ1) is 20.4. The van der Waals surface area contributed by atoms with Crippen molar-refractivity contribution in [2.24, 2.45) is 7.05 Å². The zero-order valence-corrected chi connectivity index (χ0v) is 16.7. The van der Waals surface area contributed by atoms with Gasteiger partial charge in [0.05, 0.1) is 17.6 Å². The van der Waals surface area contributed by atoms with E-state index in [4.69, 9.17) is 5.11 Å². The Morgan fingerprint density at radius 3 is 2.66 bits per heavy atom. The van der Waals surface area contributed by atoms with Crippen molar-refractivity contribution >= 4 is 23.0 Å². The second-order valence-corrected chi connectivity index (χ2v) is 7.23. The highest BCUT2D eigenvalue weighted by atomic mass is 16.4. The molecule has 3 rings (SSSR count). The SMILES string of the molecule is Cc1ccc2c(c1)nc(CNC(=O)NC(CCC(=O)O)Cc1ccccc1)n2C. The number of benzene rings is 2. The molecule has 2 aromatic carbocycles. The summed E-state index contributed by atoms with van der Waals surface area (Å²) in [5.74, 6) is -0.119. The molecule has 0 aliphatic heterocycles. The number of amides is 2. The number of hydrogen-bond acceptors (Lipinski definition) is 3. The van der Waals surface area contributed by atoms with E-state index in [9.17, 15) is 9.59 Å². The fourth-order valence-electron chi connectivity index (χ4n) is 3.34. The van der Waals surface area contributed by atoms with Gasteiger partial charge in [0.1, 0.15) is 5.82 Å². The van der Waals surface area contributed by atoms with Gasteiger partial charge in [-0.05, 0) is 43.0 Å². The van der Waals surface area contributed by atoms with Gasteiger partial charge >= 0.3 is 12.0 Å². The number of urea groups is 1. The van der Waals surface area contributed by atoms with E-state index in [2.05, 4.69) is 15.6 Å². The van der Waals surface area contributed by atoms with Crippen LogP contribution in [0, 0.1) is 6.92 Å². The summed E-state index contributed by atoms with van der Waals surface area (Å²) in [5, 5.41) is 14.7. The first-order valence-electron chi connectivity index (χ1n) is 9.64. The number of aromatic nitrogens is 2. The quantitative estimate of drug-likeness (QED) is 0.547. The van der Waals surface area contributed by atoms with Crippen molar-refractivity contribution < 1.29 is 14.7 Å². The predicted molar refractivity (Wildman–Crippen MR) is 112 cm³/mol. The summed E-state index contributed by atoms with van der Waals surface area (Å²) < 4.78 is 1.96. The molecule has 152 valence electrons. The van der Waals surface area contributed by atoms with Crippen molar-refractivity contribution in [3.8, 4) is 0 Å². The van der Waals surface area contributed by atoms with Crippen molar-refractivity contribution in [3.05, 3.63) is 65.5 Å². The van der Waals surface area contributed by atoms with Crippen molar-refractivity contribution in [2.75, 3.05) is 0 Å². The highest BCUT2D eigenvalue weighted by molar-refractivity contribution is 5.77. The van der Waals surface area contributed by atoms with Crippen LogP contribution >= 0.6 is 0 Å². The maximum atomic E-state index is 12.4. The van der Waals surface area contributed by atoms with Gasteiger partial charge in [-0.2, -0.15) is 0 Å². The van der Waals surface area contributed by atoms with Crippen LogP contribution < -0.4 is 10.6 Å². The Balaban J connectivity index is 1.62. The van der Waals surface area contributed by atoms with Crippen molar-refractivity contribution in [1.29, 1.82) is 0 Å². The van der Waals surface area contributed by atoms with Crippen LogP contribution in [0.5, 0.6) is 0 Å². The van der Waals surface area contributed by atoms with Crippen molar-refractivity contribution in [3.63, 3.8) is 0 Å². The molecule has 0 aliphatic carbocycles. The van der Waals surface area contributed by atoms with E-state index in [-0.39, 0.29) is 25.0 Å². The second kappa shape index (κ2) is 9.23. The Kier molecular flexibility index (Phi) is 6.49. The highest BCUT2D eigenvalue weighted by Crippen LogP contribution is 2.16. The Morgan fingerprint density at radius 1 is 1.17 bits per heavy atom.